The summed E-state index contributed by atoms with van der Waals surface area (Å²) in [7, 11) is 0. The van der Waals surface area contributed by atoms with Crippen LogP contribution in [0.5, 0.6) is 5.75 Å². The van der Waals surface area contributed by atoms with Gasteiger partial charge in [0, 0.05) is 10.7 Å². The molecule has 0 saturated carbocycles. The monoisotopic (exact) mass is 345 g/mol. The lowest BCUT2D eigenvalue weighted by molar-refractivity contribution is -0.122. The summed E-state index contributed by atoms with van der Waals surface area (Å²) in [4.78, 5) is 12.5. The number of halogens is 1. The largest absolute Gasteiger partial charge is 0.481 e. The van der Waals surface area contributed by atoms with Gasteiger partial charge in [-0.25, -0.2) is 0 Å². The number of amides is 1. The smallest absolute Gasteiger partial charge is 0.265 e. The summed E-state index contributed by atoms with van der Waals surface area (Å²) in [6.07, 6.45) is 0.261. The normalized spacial score (nSPS) is 11.9. The minimum atomic E-state index is -0.603. The van der Waals surface area contributed by atoms with Crippen LogP contribution in [0.1, 0.15) is 36.1 Å². The number of ether oxygens (including phenoxy) is 1. The standard InChI is InChI=1S/C20H24ClNO2/c1-6-16-9-7-8-12(2)19(16)22-20(23)15(5)24-17-10-13(3)18(21)14(4)11-17/h7-11,15H,6H2,1-5H3,(H,22,23)/t15-/m0/s1. The number of rotatable bonds is 5. The molecule has 2 aromatic rings. The summed E-state index contributed by atoms with van der Waals surface area (Å²) in [5.74, 6) is 0.488. The van der Waals surface area contributed by atoms with Crippen molar-refractivity contribution in [1.29, 1.82) is 0 Å². The first-order valence-corrected chi connectivity index (χ1v) is 8.54. The number of anilines is 1. The van der Waals surface area contributed by atoms with Gasteiger partial charge < -0.3 is 10.1 Å². The van der Waals surface area contributed by atoms with Gasteiger partial charge in [0.1, 0.15) is 5.75 Å². The van der Waals surface area contributed by atoms with Crippen LogP contribution >= 0.6 is 11.6 Å². The van der Waals surface area contributed by atoms with Crippen LogP contribution in [0.2, 0.25) is 5.02 Å². The van der Waals surface area contributed by atoms with Gasteiger partial charge in [0.25, 0.3) is 5.91 Å². The zero-order chi connectivity index (χ0) is 17.9. The van der Waals surface area contributed by atoms with Gasteiger partial charge in [-0.1, -0.05) is 36.7 Å². The molecule has 4 heteroatoms. The molecule has 1 amide bonds. The molecule has 0 aliphatic rings. The van der Waals surface area contributed by atoms with Crippen LogP contribution in [-0.2, 0) is 11.2 Å². The number of hydrogen-bond donors (Lipinski definition) is 1. The molecule has 0 aromatic heterocycles. The third-order valence-electron chi connectivity index (χ3n) is 4.08. The van der Waals surface area contributed by atoms with Crippen LogP contribution in [0.4, 0.5) is 5.69 Å². The molecule has 24 heavy (non-hydrogen) atoms. The van der Waals surface area contributed by atoms with Gasteiger partial charge in [0.15, 0.2) is 6.10 Å². The first kappa shape index (κ1) is 18.3. The van der Waals surface area contributed by atoms with E-state index < -0.39 is 6.10 Å². The Labute approximate surface area is 149 Å². The summed E-state index contributed by atoms with van der Waals surface area (Å²) in [5, 5.41) is 3.73. The molecule has 0 heterocycles. The average molecular weight is 346 g/mol. The second-order valence-electron chi connectivity index (χ2n) is 6.08. The highest BCUT2D eigenvalue weighted by Gasteiger charge is 2.18. The molecule has 0 fully saturated rings. The highest BCUT2D eigenvalue weighted by atomic mass is 35.5. The van der Waals surface area contributed by atoms with Crippen LogP contribution in [0.3, 0.4) is 0 Å². The van der Waals surface area contributed by atoms with Gasteiger partial charge in [-0.3, -0.25) is 4.79 Å². The predicted molar refractivity (Wildman–Crippen MR) is 100 cm³/mol. The van der Waals surface area contributed by atoms with E-state index in [9.17, 15) is 4.79 Å². The van der Waals surface area contributed by atoms with Crippen molar-refractivity contribution in [2.75, 3.05) is 5.32 Å². The van der Waals surface area contributed by atoms with Gasteiger partial charge in [0.05, 0.1) is 0 Å². The topological polar surface area (TPSA) is 38.3 Å². The number of benzene rings is 2. The molecule has 0 aliphatic heterocycles. The molecule has 0 aliphatic carbocycles. The third-order valence-corrected chi connectivity index (χ3v) is 4.68. The molecule has 128 valence electrons. The van der Waals surface area contributed by atoms with Crippen molar-refractivity contribution < 1.29 is 9.53 Å². The number of carbonyl (C=O) groups is 1. The Balaban J connectivity index is 2.14. The van der Waals surface area contributed by atoms with Crippen molar-refractivity contribution in [2.24, 2.45) is 0 Å². The molecule has 2 aromatic carbocycles. The minimum absolute atomic E-state index is 0.163. The number of hydrogen-bond acceptors (Lipinski definition) is 2. The van der Waals surface area contributed by atoms with Crippen LogP contribution in [0, 0.1) is 20.8 Å². The molecule has 0 radical (unpaired) electrons. The maximum absolute atomic E-state index is 12.5. The second kappa shape index (κ2) is 7.71. The molecule has 1 atom stereocenters. The van der Waals surface area contributed by atoms with E-state index in [1.54, 1.807) is 6.92 Å². The second-order valence-corrected chi connectivity index (χ2v) is 6.46. The highest BCUT2D eigenvalue weighted by molar-refractivity contribution is 6.32. The summed E-state index contributed by atoms with van der Waals surface area (Å²) >= 11 is 6.17. The Kier molecular flexibility index (Phi) is 5.89. The van der Waals surface area contributed by atoms with Crippen LogP contribution in [0.25, 0.3) is 0 Å². The number of aryl methyl sites for hydroxylation is 4. The minimum Gasteiger partial charge on any atom is -0.481 e. The zero-order valence-electron chi connectivity index (χ0n) is 14.9. The van der Waals surface area contributed by atoms with E-state index in [0.29, 0.717) is 5.75 Å². The maximum atomic E-state index is 12.5. The van der Waals surface area contributed by atoms with Gasteiger partial charge in [-0.15, -0.1) is 0 Å². The molecular weight excluding hydrogens is 322 g/mol. The van der Waals surface area contributed by atoms with Gasteiger partial charge >= 0.3 is 0 Å². The molecule has 1 N–H and O–H groups in total. The van der Waals surface area contributed by atoms with E-state index in [0.717, 1.165) is 39.4 Å². The molecule has 0 bridgehead atoms. The lowest BCUT2D eigenvalue weighted by Crippen LogP contribution is -2.30. The van der Waals surface area contributed by atoms with E-state index in [2.05, 4.69) is 12.2 Å². The number of nitrogens with one attached hydrogen (secondary N) is 1. The maximum Gasteiger partial charge on any atom is 0.265 e. The fourth-order valence-corrected chi connectivity index (χ4v) is 2.77. The van der Waals surface area contributed by atoms with Crippen LogP contribution in [0.15, 0.2) is 30.3 Å². The lowest BCUT2D eigenvalue weighted by Gasteiger charge is -2.18. The molecule has 0 saturated heterocycles. The van der Waals surface area contributed by atoms with Gasteiger partial charge in [0.2, 0.25) is 0 Å². The summed E-state index contributed by atoms with van der Waals surface area (Å²) in [5.41, 5.74) is 4.92. The van der Waals surface area contributed by atoms with Crippen molar-refractivity contribution in [3.8, 4) is 5.75 Å². The van der Waals surface area contributed by atoms with Crippen molar-refractivity contribution >= 4 is 23.2 Å². The average Bonchev–Trinajstić information content (AvgIpc) is 2.54. The SMILES string of the molecule is CCc1cccc(C)c1NC(=O)[C@H](C)Oc1cc(C)c(Cl)c(C)c1. The summed E-state index contributed by atoms with van der Waals surface area (Å²) in [6.45, 7) is 9.66. The van der Waals surface area contributed by atoms with E-state index in [4.69, 9.17) is 16.3 Å². The summed E-state index contributed by atoms with van der Waals surface area (Å²) in [6, 6.07) is 9.73. The van der Waals surface area contributed by atoms with E-state index in [1.807, 2.05) is 51.1 Å². The first-order chi connectivity index (χ1) is 11.3. The number of para-hydroxylation sites is 1. The van der Waals surface area contributed by atoms with Crippen molar-refractivity contribution in [3.63, 3.8) is 0 Å². The fraction of sp³-hybridized carbons (Fsp3) is 0.350. The molecule has 3 nitrogen and oxygen atoms in total. The Morgan fingerprint density at radius 2 is 1.79 bits per heavy atom. The molecule has 2 rings (SSSR count). The van der Waals surface area contributed by atoms with E-state index in [1.165, 1.54) is 0 Å². The predicted octanol–water partition coefficient (Wildman–Crippen LogP) is 5.23. The fourth-order valence-electron chi connectivity index (χ4n) is 2.66. The quantitative estimate of drug-likeness (QED) is 0.805. The van der Waals surface area contributed by atoms with Crippen LogP contribution < -0.4 is 10.1 Å². The zero-order valence-corrected chi connectivity index (χ0v) is 15.6. The Bertz CT molecular complexity index is 732. The van der Waals surface area contributed by atoms with Crippen LogP contribution in [-0.4, -0.2) is 12.0 Å². The van der Waals surface area contributed by atoms with Gasteiger partial charge in [-0.05, 0) is 68.5 Å². The highest BCUT2D eigenvalue weighted by Crippen LogP contribution is 2.27. The van der Waals surface area contributed by atoms with E-state index in [-0.39, 0.29) is 5.91 Å². The molecular formula is C20H24ClNO2. The Morgan fingerprint density at radius 3 is 2.38 bits per heavy atom. The first-order valence-electron chi connectivity index (χ1n) is 8.16. The van der Waals surface area contributed by atoms with E-state index >= 15 is 0 Å². The Hall–Kier alpha value is -2.00. The van der Waals surface area contributed by atoms with Crippen molar-refractivity contribution in [1.82, 2.24) is 0 Å². The molecule has 0 spiro atoms. The van der Waals surface area contributed by atoms with Gasteiger partial charge in [-0.2, -0.15) is 0 Å². The third kappa shape index (κ3) is 4.09. The number of carbonyl (C=O) groups excluding carboxylic acids is 1. The van der Waals surface area contributed by atoms with Crippen molar-refractivity contribution in [3.05, 3.63) is 57.6 Å². The molecule has 0 unspecified atom stereocenters. The van der Waals surface area contributed by atoms with Crippen molar-refractivity contribution in [2.45, 2.75) is 47.1 Å². The summed E-state index contributed by atoms with van der Waals surface area (Å²) < 4.78 is 5.81. The Morgan fingerprint density at radius 1 is 1.17 bits per heavy atom. The lowest BCUT2D eigenvalue weighted by atomic mass is 10.1.